The molecule has 0 aliphatic carbocycles. The normalized spacial score (nSPS) is 15.2. The Bertz CT molecular complexity index is 1070. The fourth-order valence-electron chi connectivity index (χ4n) is 4.48. The van der Waals surface area contributed by atoms with Crippen LogP contribution in [-0.2, 0) is 6.54 Å². The molecule has 29 heavy (non-hydrogen) atoms. The Morgan fingerprint density at radius 3 is 2.62 bits per heavy atom. The Morgan fingerprint density at radius 1 is 0.897 bits per heavy atom. The topological polar surface area (TPSA) is 21.1 Å². The minimum Gasteiger partial charge on any atom is -0.347 e. The summed E-state index contributed by atoms with van der Waals surface area (Å²) in [5, 5.41) is 5.62. The van der Waals surface area contributed by atoms with E-state index in [0.29, 0.717) is 0 Å². The van der Waals surface area contributed by atoms with Gasteiger partial charge in [0.15, 0.2) is 0 Å². The van der Waals surface area contributed by atoms with E-state index in [0.717, 1.165) is 6.54 Å². The number of likely N-dealkylation sites (tertiary alicyclic amines) is 1. The first-order chi connectivity index (χ1) is 14.4. The van der Waals surface area contributed by atoms with Gasteiger partial charge in [-0.1, -0.05) is 24.6 Å². The molecule has 0 amide bonds. The highest BCUT2D eigenvalue weighted by Gasteiger charge is 2.13. The number of fused-ring (bicyclic) bond motifs is 1. The van der Waals surface area contributed by atoms with Crippen molar-refractivity contribution in [3.63, 3.8) is 0 Å². The van der Waals surface area contributed by atoms with Crippen molar-refractivity contribution in [2.75, 3.05) is 19.6 Å². The van der Waals surface area contributed by atoms with E-state index in [1.807, 2.05) is 12.4 Å². The van der Waals surface area contributed by atoms with Crippen LogP contribution < -0.4 is 0 Å². The summed E-state index contributed by atoms with van der Waals surface area (Å²) in [4.78, 5) is 7.17. The summed E-state index contributed by atoms with van der Waals surface area (Å²) >= 11 is 1.73. The average Bonchev–Trinajstić information content (AvgIpc) is 3.44. The zero-order valence-electron chi connectivity index (χ0n) is 16.8. The van der Waals surface area contributed by atoms with Gasteiger partial charge in [0, 0.05) is 52.7 Å². The number of piperidine rings is 1. The van der Waals surface area contributed by atoms with Gasteiger partial charge < -0.3 is 9.47 Å². The number of para-hydroxylation sites is 1. The molecule has 0 unspecified atom stereocenters. The Labute approximate surface area is 176 Å². The Kier molecular flexibility index (Phi) is 5.46. The predicted octanol–water partition coefficient (Wildman–Crippen LogP) is 6.31. The molecule has 3 nitrogen and oxygen atoms in total. The van der Waals surface area contributed by atoms with E-state index in [1.54, 1.807) is 11.3 Å². The summed E-state index contributed by atoms with van der Waals surface area (Å²) in [6.45, 7) is 4.82. The molecule has 1 fully saturated rings. The second-order valence-corrected chi connectivity index (χ2v) is 8.76. The Balaban J connectivity index is 1.42. The van der Waals surface area contributed by atoms with Gasteiger partial charge in [-0.15, -0.1) is 0 Å². The molecule has 1 saturated heterocycles. The lowest BCUT2D eigenvalue weighted by molar-refractivity contribution is 0.223. The fourth-order valence-corrected chi connectivity index (χ4v) is 5.15. The van der Waals surface area contributed by atoms with Crippen LogP contribution in [0.3, 0.4) is 0 Å². The van der Waals surface area contributed by atoms with Gasteiger partial charge in [0.1, 0.15) is 0 Å². The van der Waals surface area contributed by atoms with Crippen molar-refractivity contribution in [3.05, 3.63) is 65.7 Å². The molecule has 4 heterocycles. The fraction of sp³-hybridized carbons (Fsp3) is 0.320. The number of hydrogen-bond acceptors (Lipinski definition) is 3. The molecule has 0 spiro atoms. The Morgan fingerprint density at radius 2 is 1.76 bits per heavy atom. The number of rotatable bonds is 6. The van der Waals surface area contributed by atoms with E-state index in [9.17, 15) is 0 Å². The van der Waals surface area contributed by atoms with Crippen LogP contribution in [0.5, 0.6) is 0 Å². The minimum atomic E-state index is 1.06. The summed E-state index contributed by atoms with van der Waals surface area (Å²) < 4.78 is 2.44. The molecule has 0 atom stereocenters. The van der Waals surface area contributed by atoms with Crippen LogP contribution in [0.15, 0.2) is 65.7 Å². The second kappa shape index (κ2) is 8.52. The molecule has 3 aromatic heterocycles. The summed E-state index contributed by atoms with van der Waals surface area (Å²) in [5.41, 5.74) is 6.23. The van der Waals surface area contributed by atoms with Gasteiger partial charge in [0.05, 0.1) is 0 Å². The zero-order valence-corrected chi connectivity index (χ0v) is 17.6. The lowest BCUT2D eigenvalue weighted by Crippen LogP contribution is -2.31. The molecular weight excluding hydrogens is 374 g/mol. The van der Waals surface area contributed by atoms with E-state index in [2.05, 4.69) is 67.8 Å². The first kappa shape index (κ1) is 18.6. The number of nitrogens with zero attached hydrogens (tertiary/aromatic N) is 3. The number of pyridine rings is 1. The highest BCUT2D eigenvalue weighted by molar-refractivity contribution is 7.08. The third-order valence-electron chi connectivity index (χ3n) is 6.01. The minimum absolute atomic E-state index is 1.06. The summed E-state index contributed by atoms with van der Waals surface area (Å²) in [6, 6.07) is 13.2. The second-order valence-electron chi connectivity index (χ2n) is 7.98. The van der Waals surface area contributed by atoms with Crippen molar-refractivity contribution >= 4 is 22.2 Å². The summed E-state index contributed by atoms with van der Waals surface area (Å²) in [7, 11) is 0. The molecule has 148 valence electrons. The van der Waals surface area contributed by atoms with Gasteiger partial charge in [-0.3, -0.25) is 4.98 Å². The van der Waals surface area contributed by atoms with Gasteiger partial charge in [-0.25, -0.2) is 0 Å². The number of thiophene rings is 1. The zero-order chi connectivity index (χ0) is 19.5. The predicted molar refractivity (Wildman–Crippen MR) is 123 cm³/mol. The van der Waals surface area contributed by atoms with E-state index in [4.69, 9.17) is 0 Å². The van der Waals surface area contributed by atoms with Gasteiger partial charge in [-0.2, -0.15) is 11.3 Å². The maximum absolute atomic E-state index is 4.55. The van der Waals surface area contributed by atoms with Crippen molar-refractivity contribution in [2.45, 2.75) is 32.2 Å². The molecule has 0 radical (unpaired) electrons. The maximum Gasteiger partial charge on any atom is 0.0486 e. The average molecular weight is 402 g/mol. The number of aromatic nitrogens is 2. The Hall–Kier alpha value is -2.43. The van der Waals surface area contributed by atoms with Crippen molar-refractivity contribution < 1.29 is 0 Å². The number of aryl methyl sites for hydroxylation is 1. The number of benzene rings is 1. The molecule has 1 aliphatic rings. The summed E-state index contributed by atoms with van der Waals surface area (Å²) in [5.74, 6) is 0. The first-order valence-electron chi connectivity index (χ1n) is 10.7. The smallest absolute Gasteiger partial charge is 0.0486 e. The van der Waals surface area contributed by atoms with Crippen LogP contribution >= 0.6 is 11.3 Å². The third kappa shape index (κ3) is 4.00. The number of hydrogen-bond donors (Lipinski definition) is 0. The van der Waals surface area contributed by atoms with E-state index >= 15 is 0 Å². The highest BCUT2D eigenvalue weighted by Crippen LogP contribution is 2.33. The molecule has 4 aromatic rings. The quantitative estimate of drug-likeness (QED) is 0.378. The van der Waals surface area contributed by atoms with Crippen molar-refractivity contribution in [1.82, 2.24) is 14.5 Å². The third-order valence-corrected chi connectivity index (χ3v) is 6.70. The van der Waals surface area contributed by atoms with Gasteiger partial charge in [0.25, 0.3) is 0 Å². The van der Waals surface area contributed by atoms with Crippen LogP contribution in [-0.4, -0.2) is 34.1 Å². The maximum atomic E-state index is 4.55. The standard InChI is InChI=1S/C25H27N3S/c1-4-10-27(11-5-1)12-6-13-28-18-24(23-7-2-3-8-25(23)28)22-15-21(16-26-17-22)20-9-14-29-19-20/h2-3,7-9,14-19H,1,4-6,10-13H2. The van der Waals surface area contributed by atoms with Crippen LogP contribution in [0.25, 0.3) is 33.2 Å². The van der Waals surface area contributed by atoms with Gasteiger partial charge >= 0.3 is 0 Å². The van der Waals surface area contributed by atoms with E-state index < -0.39 is 0 Å². The molecular formula is C25H27N3S. The lowest BCUT2D eigenvalue weighted by atomic mass is 10.0. The van der Waals surface area contributed by atoms with Crippen molar-refractivity contribution in [3.8, 4) is 22.3 Å². The van der Waals surface area contributed by atoms with Gasteiger partial charge in [-0.05, 0) is 73.4 Å². The molecule has 5 rings (SSSR count). The largest absolute Gasteiger partial charge is 0.347 e. The molecule has 0 saturated carbocycles. The van der Waals surface area contributed by atoms with Crippen LogP contribution in [0.4, 0.5) is 0 Å². The molecule has 4 heteroatoms. The summed E-state index contributed by atoms with van der Waals surface area (Å²) in [6.07, 6.45) is 11.6. The van der Waals surface area contributed by atoms with E-state index in [-0.39, 0.29) is 0 Å². The SMILES string of the molecule is c1ccc2c(c1)c(-c1cncc(-c3ccsc3)c1)cn2CCCN1CCCCC1. The molecule has 1 aliphatic heterocycles. The molecule has 0 bridgehead atoms. The van der Waals surface area contributed by atoms with Crippen LogP contribution in [0.1, 0.15) is 25.7 Å². The first-order valence-corrected chi connectivity index (χ1v) is 11.6. The monoisotopic (exact) mass is 401 g/mol. The highest BCUT2D eigenvalue weighted by atomic mass is 32.1. The lowest BCUT2D eigenvalue weighted by Gasteiger charge is -2.26. The van der Waals surface area contributed by atoms with Crippen LogP contribution in [0, 0.1) is 0 Å². The molecule has 0 N–H and O–H groups in total. The van der Waals surface area contributed by atoms with E-state index in [1.165, 1.54) is 78.5 Å². The van der Waals surface area contributed by atoms with Crippen LogP contribution in [0.2, 0.25) is 0 Å². The van der Waals surface area contributed by atoms with Crippen molar-refractivity contribution in [2.24, 2.45) is 0 Å². The van der Waals surface area contributed by atoms with Crippen molar-refractivity contribution in [1.29, 1.82) is 0 Å². The van der Waals surface area contributed by atoms with Gasteiger partial charge in [0.2, 0.25) is 0 Å². The molecule has 1 aromatic carbocycles.